The van der Waals surface area contributed by atoms with Crippen molar-refractivity contribution >= 4 is 0 Å². The standard InChI is InChI=1S/C14H18FN3O/c1-10(2)18-14(16-9-17-18)8-13(19)7-11-3-5-12(15)6-4-11/h3-6,9-10,13,19H,7-8H2,1-2H3. The van der Waals surface area contributed by atoms with Crippen LogP contribution in [0.4, 0.5) is 4.39 Å². The lowest BCUT2D eigenvalue weighted by Gasteiger charge is -2.13. The van der Waals surface area contributed by atoms with Crippen LogP contribution in [0, 0.1) is 5.82 Å². The molecule has 1 aromatic heterocycles. The minimum atomic E-state index is -0.549. The Labute approximate surface area is 111 Å². The summed E-state index contributed by atoms with van der Waals surface area (Å²) < 4.78 is 14.6. The lowest BCUT2D eigenvalue weighted by atomic mass is 10.1. The number of aliphatic hydroxyl groups excluding tert-OH is 1. The molecule has 102 valence electrons. The van der Waals surface area contributed by atoms with Gasteiger partial charge in [0.1, 0.15) is 18.0 Å². The van der Waals surface area contributed by atoms with Crippen molar-refractivity contribution in [2.75, 3.05) is 0 Å². The van der Waals surface area contributed by atoms with Gasteiger partial charge < -0.3 is 5.11 Å². The van der Waals surface area contributed by atoms with E-state index in [-0.39, 0.29) is 11.9 Å². The van der Waals surface area contributed by atoms with Crippen LogP contribution in [0.5, 0.6) is 0 Å². The van der Waals surface area contributed by atoms with Crippen molar-refractivity contribution in [2.45, 2.75) is 38.8 Å². The maximum Gasteiger partial charge on any atom is 0.138 e. The molecule has 0 saturated heterocycles. The number of hydrogen-bond donors (Lipinski definition) is 1. The molecule has 1 N–H and O–H groups in total. The summed E-state index contributed by atoms with van der Waals surface area (Å²) in [7, 11) is 0. The van der Waals surface area contributed by atoms with Crippen LogP contribution in [0.3, 0.4) is 0 Å². The largest absolute Gasteiger partial charge is 0.392 e. The van der Waals surface area contributed by atoms with Gasteiger partial charge in [0.15, 0.2) is 0 Å². The summed E-state index contributed by atoms with van der Waals surface area (Å²) in [5, 5.41) is 14.2. The average molecular weight is 263 g/mol. The van der Waals surface area contributed by atoms with Crippen LogP contribution < -0.4 is 0 Å². The predicted molar refractivity (Wildman–Crippen MR) is 70.2 cm³/mol. The second-order valence-electron chi connectivity index (χ2n) is 4.90. The maximum absolute atomic E-state index is 12.8. The van der Waals surface area contributed by atoms with Gasteiger partial charge in [0.2, 0.25) is 0 Å². The van der Waals surface area contributed by atoms with Crippen molar-refractivity contribution in [1.29, 1.82) is 0 Å². The highest BCUT2D eigenvalue weighted by molar-refractivity contribution is 5.17. The van der Waals surface area contributed by atoms with E-state index >= 15 is 0 Å². The Morgan fingerprint density at radius 2 is 1.89 bits per heavy atom. The molecule has 2 aromatic rings. The van der Waals surface area contributed by atoms with E-state index in [1.165, 1.54) is 18.5 Å². The summed E-state index contributed by atoms with van der Waals surface area (Å²) >= 11 is 0. The zero-order valence-corrected chi connectivity index (χ0v) is 11.1. The molecule has 0 fully saturated rings. The van der Waals surface area contributed by atoms with Crippen molar-refractivity contribution in [1.82, 2.24) is 14.8 Å². The number of aliphatic hydroxyl groups is 1. The Kier molecular flexibility index (Phi) is 4.27. The lowest BCUT2D eigenvalue weighted by molar-refractivity contribution is 0.170. The number of nitrogens with zero attached hydrogens (tertiary/aromatic N) is 3. The van der Waals surface area contributed by atoms with Gasteiger partial charge in [-0.05, 0) is 38.0 Å². The van der Waals surface area contributed by atoms with Gasteiger partial charge >= 0.3 is 0 Å². The summed E-state index contributed by atoms with van der Waals surface area (Å²) in [6, 6.07) is 6.39. The van der Waals surface area contributed by atoms with Crippen LogP contribution in [-0.2, 0) is 12.8 Å². The third kappa shape index (κ3) is 3.61. The molecule has 0 amide bonds. The first kappa shape index (κ1) is 13.7. The van der Waals surface area contributed by atoms with Crippen molar-refractivity contribution in [3.05, 3.63) is 47.8 Å². The minimum Gasteiger partial charge on any atom is -0.392 e. The van der Waals surface area contributed by atoms with Gasteiger partial charge in [-0.25, -0.2) is 14.1 Å². The molecule has 1 heterocycles. The third-order valence-corrected chi connectivity index (χ3v) is 2.94. The highest BCUT2D eigenvalue weighted by atomic mass is 19.1. The highest BCUT2D eigenvalue weighted by Crippen LogP contribution is 2.11. The first-order valence-corrected chi connectivity index (χ1v) is 6.37. The van der Waals surface area contributed by atoms with Crippen molar-refractivity contribution in [3.63, 3.8) is 0 Å². The first-order valence-electron chi connectivity index (χ1n) is 6.37. The van der Waals surface area contributed by atoms with E-state index in [0.717, 1.165) is 11.4 Å². The molecule has 2 rings (SSSR count). The van der Waals surface area contributed by atoms with Gasteiger partial charge in [-0.3, -0.25) is 0 Å². The first-order chi connectivity index (χ1) is 9.06. The molecule has 5 heteroatoms. The smallest absolute Gasteiger partial charge is 0.138 e. The Morgan fingerprint density at radius 3 is 2.53 bits per heavy atom. The number of benzene rings is 1. The van der Waals surface area contributed by atoms with E-state index in [0.29, 0.717) is 12.8 Å². The molecular formula is C14H18FN3O. The molecule has 1 atom stereocenters. The molecule has 0 aliphatic heterocycles. The topological polar surface area (TPSA) is 50.9 Å². The third-order valence-electron chi connectivity index (χ3n) is 2.94. The summed E-state index contributed by atoms with van der Waals surface area (Å²) in [6.45, 7) is 4.04. The van der Waals surface area contributed by atoms with Crippen LogP contribution in [0.1, 0.15) is 31.3 Å². The molecule has 1 unspecified atom stereocenters. The second-order valence-corrected chi connectivity index (χ2v) is 4.90. The van der Waals surface area contributed by atoms with E-state index in [1.54, 1.807) is 16.8 Å². The lowest BCUT2D eigenvalue weighted by Crippen LogP contribution is -2.18. The Bertz CT molecular complexity index is 522. The number of aromatic nitrogens is 3. The molecule has 0 radical (unpaired) electrons. The number of hydrogen-bond acceptors (Lipinski definition) is 3. The Morgan fingerprint density at radius 1 is 1.21 bits per heavy atom. The highest BCUT2D eigenvalue weighted by Gasteiger charge is 2.13. The molecule has 1 aromatic carbocycles. The van der Waals surface area contributed by atoms with Crippen molar-refractivity contribution < 1.29 is 9.50 Å². The van der Waals surface area contributed by atoms with E-state index in [9.17, 15) is 9.50 Å². The van der Waals surface area contributed by atoms with Gasteiger partial charge in [-0.2, -0.15) is 5.10 Å². The van der Waals surface area contributed by atoms with Crippen LogP contribution in [0.2, 0.25) is 0 Å². The molecule has 0 aliphatic carbocycles. The summed E-state index contributed by atoms with van der Waals surface area (Å²) in [5.41, 5.74) is 0.907. The zero-order chi connectivity index (χ0) is 13.8. The zero-order valence-electron chi connectivity index (χ0n) is 11.1. The van der Waals surface area contributed by atoms with Crippen molar-refractivity contribution in [3.8, 4) is 0 Å². The van der Waals surface area contributed by atoms with Crippen LogP contribution in [-0.4, -0.2) is 26.0 Å². The fourth-order valence-electron chi connectivity index (χ4n) is 2.03. The monoisotopic (exact) mass is 263 g/mol. The quantitative estimate of drug-likeness (QED) is 0.899. The van der Waals surface area contributed by atoms with E-state index in [2.05, 4.69) is 10.1 Å². The maximum atomic E-state index is 12.8. The summed E-state index contributed by atoms with van der Waals surface area (Å²) in [6.07, 6.45) is 1.87. The van der Waals surface area contributed by atoms with Crippen molar-refractivity contribution in [2.24, 2.45) is 0 Å². The van der Waals surface area contributed by atoms with E-state index < -0.39 is 6.10 Å². The minimum absolute atomic E-state index is 0.218. The SMILES string of the molecule is CC(C)n1ncnc1CC(O)Cc1ccc(F)cc1. The number of rotatable bonds is 5. The molecule has 0 aliphatic rings. The van der Waals surface area contributed by atoms with Gasteiger partial charge in [0, 0.05) is 12.5 Å². The molecular weight excluding hydrogens is 245 g/mol. The second kappa shape index (κ2) is 5.93. The molecule has 0 bridgehead atoms. The van der Waals surface area contributed by atoms with Gasteiger partial charge in [-0.1, -0.05) is 12.1 Å². The molecule has 19 heavy (non-hydrogen) atoms. The van der Waals surface area contributed by atoms with Crippen LogP contribution in [0.15, 0.2) is 30.6 Å². The fourth-order valence-corrected chi connectivity index (χ4v) is 2.03. The van der Waals surface area contributed by atoms with Gasteiger partial charge in [-0.15, -0.1) is 0 Å². The normalized spacial score (nSPS) is 12.9. The predicted octanol–water partition coefficient (Wildman–Crippen LogP) is 2.14. The van der Waals surface area contributed by atoms with Crippen LogP contribution in [0.25, 0.3) is 0 Å². The Balaban J connectivity index is 1.99. The Hall–Kier alpha value is -1.75. The summed E-state index contributed by atoms with van der Waals surface area (Å²) in [4.78, 5) is 4.17. The number of halogens is 1. The van der Waals surface area contributed by atoms with Gasteiger partial charge in [0.25, 0.3) is 0 Å². The van der Waals surface area contributed by atoms with E-state index in [4.69, 9.17) is 0 Å². The average Bonchev–Trinajstić information content (AvgIpc) is 2.80. The molecule has 0 spiro atoms. The molecule has 4 nitrogen and oxygen atoms in total. The van der Waals surface area contributed by atoms with E-state index in [1.807, 2.05) is 13.8 Å². The molecule has 0 saturated carbocycles. The van der Waals surface area contributed by atoms with Gasteiger partial charge in [0.05, 0.1) is 6.10 Å². The summed E-state index contributed by atoms with van der Waals surface area (Å²) in [5.74, 6) is 0.502. The fraction of sp³-hybridized carbons (Fsp3) is 0.429. The van der Waals surface area contributed by atoms with Crippen LogP contribution >= 0.6 is 0 Å².